The van der Waals surface area contributed by atoms with E-state index in [1.165, 1.54) is 0 Å². The van der Waals surface area contributed by atoms with Crippen molar-refractivity contribution in [2.24, 2.45) is 5.84 Å². The van der Waals surface area contributed by atoms with Crippen LogP contribution in [-0.4, -0.2) is 4.98 Å². The van der Waals surface area contributed by atoms with E-state index in [-0.39, 0.29) is 6.04 Å². The number of hydrogen-bond donors (Lipinski definition) is 2. The van der Waals surface area contributed by atoms with Crippen molar-refractivity contribution >= 4 is 15.9 Å². The Morgan fingerprint density at radius 1 is 1.44 bits per heavy atom. The van der Waals surface area contributed by atoms with Gasteiger partial charge in [-0.2, -0.15) is 0 Å². The van der Waals surface area contributed by atoms with E-state index in [0.29, 0.717) is 4.67 Å². The highest BCUT2D eigenvalue weighted by Gasteiger charge is 2.19. The molecule has 16 heavy (non-hydrogen) atoms. The molecule has 2 aromatic heterocycles. The molecular formula is C11H12BrN3O. The number of nitrogens with zero attached hydrogens (tertiary/aromatic N) is 1. The second kappa shape index (κ2) is 4.78. The van der Waals surface area contributed by atoms with Crippen molar-refractivity contribution in [3.63, 3.8) is 0 Å². The largest absolute Gasteiger partial charge is 0.457 e. The number of nitrogens with one attached hydrogen (secondary N) is 1. The summed E-state index contributed by atoms with van der Waals surface area (Å²) >= 11 is 3.35. The van der Waals surface area contributed by atoms with Gasteiger partial charge in [-0.05, 0) is 46.1 Å². The van der Waals surface area contributed by atoms with E-state index in [2.05, 4.69) is 26.3 Å². The lowest BCUT2D eigenvalue weighted by Crippen LogP contribution is -2.29. The van der Waals surface area contributed by atoms with Crippen LogP contribution in [0.15, 0.2) is 39.9 Å². The quantitative estimate of drug-likeness (QED) is 0.669. The summed E-state index contributed by atoms with van der Waals surface area (Å²) in [5.74, 6) is 5.59. The number of halogens is 1. The van der Waals surface area contributed by atoms with E-state index in [9.17, 15) is 0 Å². The van der Waals surface area contributed by atoms with Crippen LogP contribution in [-0.2, 0) is 0 Å². The number of hydrazine groups is 1. The van der Waals surface area contributed by atoms with Crippen molar-refractivity contribution in [2.75, 3.05) is 0 Å². The summed E-state index contributed by atoms with van der Waals surface area (Å²) in [6.07, 6.45) is 5.19. The lowest BCUT2D eigenvalue weighted by Gasteiger charge is -2.16. The summed E-state index contributed by atoms with van der Waals surface area (Å²) in [7, 11) is 0. The normalized spacial score (nSPS) is 12.7. The molecule has 0 aliphatic heterocycles. The van der Waals surface area contributed by atoms with Crippen LogP contribution in [0.5, 0.6) is 0 Å². The summed E-state index contributed by atoms with van der Waals surface area (Å²) < 4.78 is 5.89. The first-order valence-electron chi connectivity index (χ1n) is 4.83. The van der Waals surface area contributed by atoms with Crippen LogP contribution in [0, 0.1) is 6.92 Å². The molecule has 2 heterocycles. The summed E-state index contributed by atoms with van der Waals surface area (Å²) in [5.41, 5.74) is 5.89. The number of aromatic nitrogens is 1. The molecule has 0 saturated heterocycles. The molecule has 3 N–H and O–H groups in total. The van der Waals surface area contributed by atoms with Crippen molar-refractivity contribution in [1.82, 2.24) is 10.4 Å². The highest BCUT2D eigenvalue weighted by molar-refractivity contribution is 9.10. The van der Waals surface area contributed by atoms with Crippen molar-refractivity contribution < 1.29 is 4.42 Å². The van der Waals surface area contributed by atoms with Crippen molar-refractivity contribution in [3.05, 3.63) is 52.1 Å². The highest BCUT2D eigenvalue weighted by Crippen LogP contribution is 2.29. The zero-order valence-corrected chi connectivity index (χ0v) is 10.4. The molecule has 0 aromatic carbocycles. The van der Waals surface area contributed by atoms with Gasteiger partial charge < -0.3 is 4.42 Å². The third kappa shape index (κ3) is 2.02. The first-order chi connectivity index (χ1) is 7.74. The Morgan fingerprint density at radius 2 is 2.25 bits per heavy atom. The average Bonchev–Trinajstić information content (AvgIpc) is 2.69. The van der Waals surface area contributed by atoms with Crippen molar-refractivity contribution in [1.29, 1.82) is 0 Å². The molecule has 0 aliphatic carbocycles. The summed E-state index contributed by atoms with van der Waals surface area (Å²) in [6, 6.07) is 3.70. The van der Waals surface area contributed by atoms with E-state index in [4.69, 9.17) is 10.3 Å². The zero-order valence-electron chi connectivity index (χ0n) is 8.77. The van der Waals surface area contributed by atoms with Gasteiger partial charge >= 0.3 is 0 Å². The van der Waals surface area contributed by atoms with Crippen LogP contribution >= 0.6 is 15.9 Å². The number of hydrogen-bond acceptors (Lipinski definition) is 4. The van der Waals surface area contributed by atoms with Gasteiger partial charge in [0.2, 0.25) is 0 Å². The average molecular weight is 282 g/mol. The van der Waals surface area contributed by atoms with Crippen LogP contribution < -0.4 is 11.3 Å². The molecule has 2 aromatic rings. The molecule has 5 heteroatoms. The fourth-order valence-electron chi connectivity index (χ4n) is 1.64. The van der Waals surface area contributed by atoms with Gasteiger partial charge in [-0.25, -0.2) is 5.43 Å². The van der Waals surface area contributed by atoms with Crippen molar-refractivity contribution in [3.8, 4) is 0 Å². The van der Waals surface area contributed by atoms with E-state index in [1.54, 1.807) is 18.7 Å². The molecule has 0 radical (unpaired) electrons. The number of pyridine rings is 1. The van der Waals surface area contributed by atoms with E-state index < -0.39 is 0 Å². The van der Waals surface area contributed by atoms with Gasteiger partial charge in [0.15, 0.2) is 4.67 Å². The first kappa shape index (κ1) is 11.3. The molecule has 1 atom stereocenters. The van der Waals surface area contributed by atoms with Crippen LogP contribution in [0.25, 0.3) is 0 Å². The minimum absolute atomic E-state index is 0.123. The fourth-order valence-corrected chi connectivity index (χ4v) is 2.10. The fraction of sp³-hybridized carbons (Fsp3) is 0.182. The van der Waals surface area contributed by atoms with Gasteiger partial charge in [0.1, 0.15) is 0 Å². The predicted octanol–water partition coefficient (Wildman–Crippen LogP) is 2.30. The molecule has 0 fully saturated rings. The Hall–Kier alpha value is -1.17. The van der Waals surface area contributed by atoms with Gasteiger partial charge in [0, 0.05) is 18.0 Å². The maximum atomic E-state index is 5.59. The second-order valence-electron chi connectivity index (χ2n) is 3.48. The van der Waals surface area contributed by atoms with Gasteiger partial charge in [0.25, 0.3) is 0 Å². The molecule has 2 rings (SSSR count). The molecule has 0 amide bonds. The van der Waals surface area contributed by atoms with Crippen LogP contribution in [0.3, 0.4) is 0 Å². The standard InChI is InChI=1S/C11H12BrN3O/c1-7-2-4-14-6-9(7)10(15-13)8-3-5-16-11(8)12/h2-6,10,15H,13H2,1H3. The van der Waals surface area contributed by atoms with E-state index in [0.717, 1.165) is 16.7 Å². The Kier molecular flexibility index (Phi) is 3.38. The van der Waals surface area contributed by atoms with Crippen LogP contribution in [0.1, 0.15) is 22.7 Å². The molecule has 0 saturated carbocycles. The molecule has 0 spiro atoms. The summed E-state index contributed by atoms with van der Waals surface area (Å²) in [6.45, 7) is 2.02. The minimum atomic E-state index is -0.123. The Balaban J connectivity index is 2.45. The predicted molar refractivity (Wildman–Crippen MR) is 64.5 cm³/mol. The highest BCUT2D eigenvalue weighted by atomic mass is 79.9. The first-order valence-corrected chi connectivity index (χ1v) is 5.63. The number of rotatable bonds is 3. The molecule has 1 unspecified atom stereocenters. The molecule has 4 nitrogen and oxygen atoms in total. The van der Waals surface area contributed by atoms with Crippen molar-refractivity contribution in [2.45, 2.75) is 13.0 Å². The summed E-state index contributed by atoms with van der Waals surface area (Å²) in [5, 5.41) is 0. The lowest BCUT2D eigenvalue weighted by molar-refractivity contribution is 0.526. The Bertz CT molecular complexity index is 484. The number of nitrogens with two attached hydrogens (primary N) is 1. The maximum absolute atomic E-state index is 5.59. The second-order valence-corrected chi connectivity index (χ2v) is 4.20. The molecular weight excluding hydrogens is 270 g/mol. The third-order valence-corrected chi connectivity index (χ3v) is 3.16. The SMILES string of the molecule is Cc1ccncc1C(NN)c1ccoc1Br. The van der Waals surface area contributed by atoms with Gasteiger partial charge in [0.05, 0.1) is 12.3 Å². The number of furan rings is 1. The van der Waals surface area contributed by atoms with Crippen LogP contribution in [0.4, 0.5) is 0 Å². The molecule has 84 valence electrons. The van der Waals surface area contributed by atoms with Crippen LogP contribution in [0.2, 0.25) is 0 Å². The lowest BCUT2D eigenvalue weighted by atomic mass is 10.00. The van der Waals surface area contributed by atoms with Gasteiger partial charge in [-0.1, -0.05) is 0 Å². The third-order valence-electron chi connectivity index (χ3n) is 2.51. The monoisotopic (exact) mass is 281 g/mol. The smallest absolute Gasteiger partial charge is 0.174 e. The molecule has 0 aliphatic rings. The summed E-state index contributed by atoms with van der Waals surface area (Å²) in [4.78, 5) is 4.11. The number of aryl methyl sites for hydroxylation is 1. The van der Waals surface area contributed by atoms with Gasteiger partial charge in [-0.3, -0.25) is 10.8 Å². The molecule has 0 bridgehead atoms. The van der Waals surface area contributed by atoms with Gasteiger partial charge in [-0.15, -0.1) is 0 Å². The van der Waals surface area contributed by atoms with E-state index >= 15 is 0 Å². The topological polar surface area (TPSA) is 64.1 Å². The maximum Gasteiger partial charge on any atom is 0.174 e. The Morgan fingerprint density at radius 3 is 2.81 bits per heavy atom. The Labute approximate surface area is 102 Å². The minimum Gasteiger partial charge on any atom is -0.457 e. The van der Waals surface area contributed by atoms with E-state index in [1.807, 2.05) is 19.1 Å². The zero-order chi connectivity index (χ0) is 11.5.